The number of allylic oxidation sites excluding steroid dienone is 16. The van der Waals surface area contributed by atoms with Crippen molar-refractivity contribution in [1.29, 1.82) is 0 Å². The first-order valence-electron chi connectivity index (χ1n) is 30.7. The number of ether oxygens (including phenoxy) is 3. The molecule has 418 valence electrons. The van der Waals surface area contributed by atoms with E-state index in [4.69, 9.17) is 14.2 Å². The van der Waals surface area contributed by atoms with E-state index in [9.17, 15) is 14.4 Å². The Balaban J connectivity index is 4.46. The Labute approximate surface area is 451 Å². The van der Waals surface area contributed by atoms with Gasteiger partial charge in [-0.2, -0.15) is 0 Å². The van der Waals surface area contributed by atoms with Gasteiger partial charge in [-0.25, -0.2) is 0 Å². The molecule has 0 aromatic rings. The summed E-state index contributed by atoms with van der Waals surface area (Å²) in [5, 5.41) is 0. The van der Waals surface area contributed by atoms with E-state index in [-0.39, 0.29) is 37.5 Å². The molecule has 0 saturated carbocycles. The number of hydrogen-bond acceptors (Lipinski definition) is 6. The molecule has 0 heterocycles. The number of hydrogen-bond donors (Lipinski definition) is 0. The summed E-state index contributed by atoms with van der Waals surface area (Å²) in [4.78, 5) is 38.3. The highest BCUT2D eigenvalue weighted by atomic mass is 16.6. The van der Waals surface area contributed by atoms with Crippen LogP contribution in [0.4, 0.5) is 0 Å². The highest BCUT2D eigenvalue weighted by Crippen LogP contribution is 2.15. The van der Waals surface area contributed by atoms with Crippen LogP contribution in [0.5, 0.6) is 0 Å². The largest absolute Gasteiger partial charge is 0.462 e. The Morgan fingerprint density at radius 1 is 0.274 bits per heavy atom. The van der Waals surface area contributed by atoms with Crippen LogP contribution in [0.25, 0.3) is 0 Å². The quantitative estimate of drug-likeness (QED) is 0.0261. The zero-order chi connectivity index (χ0) is 52.9. The molecule has 0 rings (SSSR count). The Morgan fingerprint density at radius 2 is 0.507 bits per heavy atom. The number of rotatable bonds is 55. The van der Waals surface area contributed by atoms with Gasteiger partial charge in [-0.1, -0.05) is 246 Å². The van der Waals surface area contributed by atoms with Gasteiger partial charge in [0.25, 0.3) is 0 Å². The van der Waals surface area contributed by atoms with Gasteiger partial charge in [0.05, 0.1) is 0 Å². The van der Waals surface area contributed by atoms with Gasteiger partial charge in [-0.05, 0) is 122 Å². The molecule has 0 N–H and O–H groups in total. The predicted octanol–water partition coefficient (Wildman–Crippen LogP) is 20.9. The van der Waals surface area contributed by atoms with E-state index in [0.29, 0.717) is 19.3 Å². The second kappa shape index (κ2) is 60.9. The van der Waals surface area contributed by atoms with Crippen LogP contribution in [-0.2, 0) is 28.6 Å². The molecule has 0 spiro atoms. The van der Waals surface area contributed by atoms with Gasteiger partial charge >= 0.3 is 17.9 Å². The molecule has 0 aromatic carbocycles. The number of carbonyl (C=O) groups is 3. The highest BCUT2D eigenvalue weighted by Gasteiger charge is 2.19. The number of carbonyl (C=O) groups excluding carboxylic acids is 3. The summed E-state index contributed by atoms with van der Waals surface area (Å²) < 4.78 is 16.9. The monoisotopic (exact) mass is 1010 g/mol. The van der Waals surface area contributed by atoms with Crippen molar-refractivity contribution in [2.24, 2.45) is 0 Å². The van der Waals surface area contributed by atoms with Crippen LogP contribution in [-0.4, -0.2) is 37.2 Å². The first kappa shape index (κ1) is 69.3. The Bertz CT molecular complexity index is 1370. The van der Waals surface area contributed by atoms with Crippen LogP contribution >= 0.6 is 0 Å². The fraction of sp³-hybridized carbons (Fsp3) is 0.716. The van der Waals surface area contributed by atoms with Gasteiger partial charge in [0, 0.05) is 19.3 Å². The summed E-state index contributed by atoms with van der Waals surface area (Å²) in [6.45, 7) is 6.53. The van der Waals surface area contributed by atoms with Crippen molar-refractivity contribution < 1.29 is 28.6 Å². The van der Waals surface area contributed by atoms with Gasteiger partial charge in [0.2, 0.25) is 0 Å². The van der Waals surface area contributed by atoms with Crippen molar-refractivity contribution in [3.8, 4) is 0 Å². The third kappa shape index (κ3) is 59.1. The molecule has 0 aliphatic carbocycles. The Morgan fingerprint density at radius 3 is 0.808 bits per heavy atom. The van der Waals surface area contributed by atoms with Gasteiger partial charge < -0.3 is 14.2 Å². The predicted molar refractivity (Wildman–Crippen MR) is 316 cm³/mol. The molecule has 73 heavy (non-hydrogen) atoms. The standard InChI is InChI=1S/C67H114O6/c1-4-7-10-13-16-19-22-25-28-31-33-36-38-41-44-47-50-53-56-59-65(68)71-62-64(73-67(70)61-58-55-52-49-46-43-40-35-30-27-24-21-18-15-12-9-6-3)63-72-66(69)60-57-54-51-48-45-42-39-37-34-32-29-26-23-20-17-14-11-8-5-2/h16-21,25-30,40,43,49,52,64H,4-15,22-24,31-39,41-42,44-48,50-51,53-63H2,1-3H3/b19-16-,20-17-,21-18-,28-25-,29-26-,30-27-,43-40-,52-49-. The van der Waals surface area contributed by atoms with Crippen molar-refractivity contribution in [3.05, 3.63) is 97.2 Å². The lowest BCUT2D eigenvalue weighted by Crippen LogP contribution is -2.30. The molecule has 0 unspecified atom stereocenters. The molecular weight excluding hydrogens is 901 g/mol. The van der Waals surface area contributed by atoms with Crippen LogP contribution in [0.1, 0.15) is 290 Å². The van der Waals surface area contributed by atoms with Crippen LogP contribution in [0.15, 0.2) is 97.2 Å². The van der Waals surface area contributed by atoms with Crippen molar-refractivity contribution in [2.45, 2.75) is 297 Å². The third-order valence-corrected chi connectivity index (χ3v) is 13.0. The van der Waals surface area contributed by atoms with Crippen molar-refractivity contribution in [3.63, 3.8) is 0 Å². The van der Waals surface area contributed by atoms with E-state index in [1.165, 1.54) is 167 Å². The lowest BCUT2D eigenvalue weighted by molar-refractivity contribution is -0.167. The molecule has 0 aliphatic rings. The zero-order valence-corrected chi connectivity index (χ0v) is 47.9. The molecule has 6 nitrogen and oxygen atoms in total. The van der Waals surface area contributed by atoms with Crippen LogP contribution in [0.2, 0.25) is 0 Å². The summed E-state index contributed by atoms with van der Waals surface area (Å²) in [7, 11) is 0. The maximum Gasteiger partial charge on any atom is 0.306 e. The van der Waals surface area contributed by atoms with Crippen LogP contribution < -0.4 is 0 Å². The molecule has 0 amide bonds. The van der Waals surface area contributed by atoms with Gasteiger partial charge in [-0.15, -0.1) is 0 Å². The maximum absolute atomic E-state index is 12.9. The first-order valence-corrected chi connectivity index (χ1v) is 30.7. The maximum atomic E-state index is 12.9. The van der Waals surface area contributed by atoms with E-state index < -0.39 is 6.10 Å². The second-order valence-corrected chi connectivity index (χ2v) is 20.2. The number of esters is 3. The SMILES string of the molecule is CCCCC/C=C\C/C=C\C/C=C\C/C=C\CCCC(=O)OC(COC(=O)CCCCCCCCCCC/C=C\C/C=C\CCCCC)COC(=O)CCCCCCCCCCC/C=C\C/C=C\CCCCC. The van der Waals surface area contributed by atoms with Gasteiger partial charge in [0.1, 0.15) is 13.2 Å². The minimum atomic E-state index is -0.812. The van der Waals surface area contributed by atoms with Crippen molar-refractivity contribution >= 4 is 17.9 Å². The molecule has 6 heteroatoms. The summed E-state index contributed by atoms with van der Waals surface area (Å²) in [6.07, 6.45) is 81.1. The molecule has 0 atom stereocenters. The normalized spacial score (nSPS) is 12.4. The van der Waals surface area contributed by atoms with Crippen LogP contribution in [0.3, 0.4) is 0 Å². The van der Waals surface area contributed by atoms with Crippen LogP contribution in [0, 0.1) is 0 Å². The van der Waals surface area contributed by atoms with Crippen molar-refractivity contribution in [1.82, 2.24) is 0 Å². The Hall–Kier alpha value is -3.67. The first-order chi connectivity index (χ1) is 36.0. The van der Waals surface area contributed by atoms with Gasteiger partial charge in [0.15, 0.2) is 6.10 Å². The van der Waals surface area contributed by atoms with E-state index in [2.05, 4.69) is 118 Å². The van der Waals surface area contributed by atoms with Gasteiger partial charge in [-0.3, -0.25) is 14.4 Å². The molecule has 0 radical (unpaired) electrons. The minimum absolute atomic E-state index is 0.103. The van der Waals surface area contributed by atoms with E-state index in [0.717, 1.165) is 77.0 Å². The molecule has 0 aromatic heterocycles. The smallest absolute Gasteiger partial charge is 0.306 e. The van der Waals surface area contributed by atoms with E-state index in [1.54, 1.807) is 0 Å². The fourth-order valence-electron chi connectivity index (χ4n) is 8.38. The lowest BCUT2D eigenvalue weighted by atomic mass is 10.1. The fourth-order valence-corrected chi connectivity index (χ4v) is 8.38. The Kier molecular flexibility index (Phi) is 57.8. The lowest BCUT2D eigenvalue weighted by Gasteiger charge is -2.18. The van der Waals surface area contributed by atoms with Crippen molar-refractivity contribution in [2.75, 3.05) is 13.2 Å². The molecule has 0 saturated heterocycles. The zero-order valence-electron chi connectivity index (χ0n) is 47.9. The second-order valence-electron chi connectivity index (χ2n) is 20.2. The third-order valence-electron chi connectivity index (χ3n) is 13.0. The highest BCUT2D eigenvalue weighted by molar-refractivity contribution is 5.71. The molecule has 0 aliphatic heterocycles. The molecule has 0 bridgehead atoms. The topological polar surface area (TPSA) is 78.9 Å². The average molecular weight is 1020 g/mol. The number of unbranched alkanes of at least 4 members (excludes halogenated alkanes) is 28. The summed E-state index contributed by atoms with van der Waals surface area (Å²) in [6, 6.07) is 0. The minimum Gasteiger partial charge on any atom is -0.462 e. The average Bonchev–Trinajstić information content (AvgIpc) is 3.39. The molecule has 0 fully saturated rings. The summed E-state index contributed by atoms with van der Waals surface area (Å²) in [5.74, 6) is -0.960. The van der Waals surface area contributed by atoms with E-state index >= 15 is 0 Å². The van der Waals surface area contributed by atoms with E-state index in [1.807, 2.05) is 0 Å². The molecular formula is C67H114O6. The summed E-state index contributed by atoms with van der Waals surface area (Å²) in [5.41, 5.74) is 0. The summed E-state index contributed by atoms with van der Waals surface area (Å²) >= 11 is 0.